The zero-order valence-corrected chi connectivity index (χ0v) is 9.09. The van der Waals surface area contributed by atoms with Crippen LogP contribution in [0, 0.1) is 10.1 Å². The summed E-state index contributed by atoms with van der Waals surface area (Å²) in [6.45, 7) is 0.554. The molecular formula is C11H14N2O3. The van der Waals surface area contributed by atoms with Gasteiger partial charge in [0.25, 0.3) is 0 Å². The summed E-state index contributed by atoms with van der Waals surface area (Å²) >= 11 is 0. The van der Waals surface area contributed by atoms with Crippen LogP contribution in [0.25, 0.3) is 0 Å². The zero-order chi connectivity index (χ0) is 11.7. The number of rotatable bonds is 4. The van der Waals surface area contributed by atoms with E-state index in [0.29, 0.717) is 18.2 Å². The van der Waals surface area contributed by atoms with Gasteiger partial charge in [-0.05, 0) is 19.9 Å². The standard InChI is InChI=1S/C11H14N2O3/c1-12(9-5-6-9)7-8-3-2-4-10(11(8)14)13(15)16/h2-4,9,14H,5-7H2,1H3. The van der Waals surface area contributed by atoms with E-state index in [1.807, 2.05) is 7.05 Å². The SMILES string of the molecule is CN(Cc1cccc([N+](=O)[O-])c1O)C1CC1. The van der Waals surface area contributed by atoms with Crippen LogP contribution in [0.3, 0.4) is 0 Å². The summed E-state index contributed by atoms with van der Waals surface area (Å²) in [5.41, 5.74) is 0.394. The molecule has 0 spiro atoms. The fraction of sp³-hybridized carbons (Fsp3) is 0.455. The Kier molecular flexibility index (Phi) is 2.78. The van der Waals surface area contributed by atoms with Crippen LogP contribution in [-0.4, -0.2) is 28.0 Å². The van der Waals surface area contributed by atoms with Crippen molar-refractivity contribution in [3.05, 3.63) is 33.9 Å². The zero-order valence-electron chi connectivity index (χ0n) is 9.09. The van der Waals surface area contributed by atoms with E-state index in [9.17, 15) is 15.2 Å². The van der Waals surface area contributed by atoms with E-state index in [1.54, 1.807) is 12.1 Å². The molecule has 0 saturated heterocycles. The van der Waals surface area contributed by atoms with Crippen molar-refractivity contribution in [3.8, 4) is 5.75 Å². The van der Waals surface area contributed by atoms with Gasteiger partial charge in [-0.15, -0.1) is 0 Å². The lowest BCUT2D eigenvalue weighted by Crippen LogP contribution is -2.20. The van der Waals surface area contributed by atoms with Gasteiger partial charge in [0.1, 0.15) is 0 Å². The van der Waals surface area contributed by atoms with Crippen LogP contribution in [0.4, 0.5) is 5.69 Å². The lowest BCUT2D eigenvalue weighted by molar-refractivity contribution is -0.385. The van der Waals surface area contributed by atoms with Crippen LogP contribution < -0.4 is 0 Å². The lowest BCUT2D eigenvalue weighted by Gasteiger charge is -2.16. The van der Waals surface area contributed by atoms with Crippen LogP contribution in [-0.2, 0) is 6.54 Å². The molecule has 2 rings (SSSR count). The Hall–Kier alpha value is -1.62. The summed E-state index contributed by atoms with van der Waals surface area (Å²) in [7, 11) is 1.97. The highest BCUT2D eigenvalue weighted by molar-refractivity contribution is 5.50. The first-order valence-corrected chi connectivity index (χ1v) is 5.25. The minimum absolute atomic E-state index is 0.208. The van der Waals surface area contributed by atoms with Crippen LogP contribution in [0.2, 0.25) is 0 Å². The fourth-order valence-corrected chi connectivity index (χ4v) is 1.77. The first-order chi connectivity index (χ1) is 7.59. The summed E-state index contributed by atoms with van der Waals surface area (Å²) in [4.78, 5) is 12.2. The molecule has 0 radical (unpaired) electrons. The normalized spacial score (nSPS) is 15.4. The van der Waals surface area contributed by atoms with Crippen molar-refractivity contribution in [2.24, 2.45) is 0 Å². The number of aromatic hydroxyl groups is 1. The second-order valence-electron chi connectivity index (χ2n) is 4.19. The van der Waals surface area contributed by atoms with Crippen molar-refractivity contribution in [2.45, 2.75) is 25.4 Å². The minimum atomic E-state index is -0.560. The first kappa shape index (κ1) is 10.9. The second kappa shape index (κ2) is 4.09. The Morgan fingerprint density at radius 1 is 1.56 bits per heavy atom. The number of nitro groups is 1. The summed E-state index contributed by atoms with van der Waals surface area (Å²) in [5.74, 6) is -0.208. The second-order valence-corrected chi connectivity index (χ2v) is 4.19. The molecule has 1 aliphatic rings. The number of phenolic OH excluding ortho intramolecular Hbond substituents is 1. The van der Waals surface area contributed by atoms with Crippen LogP contribution in [0.1, 0.15) is 18.4 Å². The highest BCUT2D eigenvalue weighted by atomic mass is 16.6. The number of hydrogen-bond acceptors (Lipinski definition) is 4. The van der Waals surface area contributed by atoms with E-state index in [0.717, 1.165) is 0 Å². The van der Waals surface area contributed by atoms with Gasteiger partial charge in [-0.2, -0.15) is 0 Å². The van der Waals surface area contributed by atoms with Gasteiger partial charge < -0.3 is 5.11 Å². The van der Waals surface area contributed by atoms with Crippen LogP contribution in [0.15, 0.2) is 18.2 Å². The van der Waals surface area contributed by atoms with Gasteiger partial charge in [-0.25, -0.2) is 0 Å². The average molecular weight is 222 g/mol. The van der Waals surface area contributed by atoms with Gasteiger partial charge in [-0.1, -0.05) is 12.1 Å². The Labute approximate surface area is 93.5 Å². The molecule has 0 atom stereocenters. The first-order valence-electron chi connectivity index (χ1n) is 5.25. The topological polar surface area (TPSA) is 66.6 Å². The minimum Gasteiger partial charge on any atom is -0.502 e. The summed E-state index contributed by atoms with van der Waals surface area (Å²) < 4.78 is 0. The van der Waals surface area contributed by atoms with Crippen molar-refractivity contribution in [2.75, 3.05) is 7.05 Å². The quantitative estimate of drug-likeness (QED) is 0.624. The Balaban J connectivity index is 2.19. The van der Waals surface area contributed by atoms with Crippen molar-refractivity contribution < 1.29 is 10.0 Å². The van der Waals surface area contributed by atoms with E-state index in [4.69, 9.17) is 0 Å². The smallest absolute Gasteiger partial charge is 0.311 e. The molecule has 0 aliphatic heterocycles. The molecule has 0 heterocycles. The molecule has 5 nitrogen and oxygen atoms in total. The Morgan fingerprint density at radius 2 is 2.25 bits per heavy atom. The third-order valence-electron chi connectivity index (χ3n) is 2.88. The molecule has 16 heavy (non-hydrogen) atoms. The maximum Gasteiger partial charge on any atom is 0.311 e. The van der Waals surface area contributed by atoms with Crippen LogP contribution >= 0.6 is 0 Å². The molecule has 1 fully saturated rings. The fourth-order valence-electron chi connectivity index (χ4n) is 1.77. The number of nitro benzene ring substituents is 1. The molecule has 0 aromatic heterocycles. The highest BCUT2D eigenvalue weighted by Gasteiger charge is 2.27. The van der Waals surface area contributed by atoms with Crippen molar-refractivity contribution in [1.82, 2.24) is 4.90 Å². The molecule has 1 aromatic rings. The molecular weight excluding hydrogens is 208 g/mol. The molecule has 1 saturated carbocycles. The van der Waals surface area contributed by atoms with Crippen LogP contribution in [0.5, 0.6) is 5.75 Å². The van der Waals surface area contributed by atoms with Crippen molar-refractivity contribution >= 4 is 5.69 Å². The van der Waals surface area contributed by atoms with Crippen molar-refractivity contribution in [3.63, 3.8) is 0 Å². The Bertz CT molecular complexity index is 416. The summed E-state index contributed by atoms with van der Waals surface area (Å²) in [6.07, 6.45) is 2.35. The average Bonchev–Trinajstić information content (AvgIpc) is 3.03. The maximum atomic E-state index is 10.6. The summed E-state index contributed by atoms with van der Waals surface area (Å²) in [5, 5.41) is 20.4. The van der Waals surface area contributed by atoms with Gasteiger partial charge in [-0.3, -0.25) is 15.0 Å². The molecule has 0 bridgehead atoms. The molecule has 1 aromatic carbocycles. The Morgan fingerprint density at radius 3 is 2.81 bits per heavy atom. The predicted octanol–water partition coefficient (Wildman–Crippen LogP) is 1.89. The van der Waals surface area contributed by atoms with Gasteiger partial charge in [0.15, 0.2) is 5.75 Å². The van der Waals surface area contributed by atoms with E-state index in [-0.39, 0.29) is 11.4 Å². The highest BCUT2D eigenvalue weighted by Crippen LogP contribution is 2.32. The lowest BCUT2D eigenvalue weighted by atomic mass is 10.1. The van der Waals surface area contributed by atoms with E-state index in [2.05, 4.69) is 4.90 Å². The third-order valence-corrected chi connectivity index (χ3v) is 2.88. The predicted molar refractivity (Wildman–Crippen MR) is 59.3 cm³/mol. The number of hydrogen-bond donors (Lipinski definition) is 1. The van der Waals surface area contributed by atoms with Gasteiger partial charge in [0.2, 0.25) is 0 Å². The molecule has 5 heteroatoms. The largest absolute Gasteiger partial charge is 0.502 e. The van der Waals surface area contributed by atoms with Gasteiger partial charge in [0, 0.05) is 24.2 Å². The maximum absolute atomic E-state index is 10.6. The monoisotopic (exact) mass is 222 g/mol. The van der Waals surface area contributed by atoms with Gasteiger partial charge in [0.05, 0.1) is 4.92 Å². The molecule has 0 amide bonds. The third kappa shape index (κ3) is 2.14. The van der Waals surface area contributed by atoms with E-state index >= 15 is 0 Å². The number of nitrogens with zero attached hydrogens (tertiary/aromatic N) is 2. The van der Waals surface area contributed by atoms with Gasteiger partial charge >= 0.3 is 5.69 Å². The summed E-state index contributed by atoms with van der Waals surface area (Å²) in [6, 6.07) is 5.21. The molecule has 1 N–H and O–H groups in total. The molecule has 0 unspecified atom stereocenters. The molecule has 1 aliphatic carbocycles. The van der Waals surface area contributed by atoms with E-state index in [1.165, 1.54) is 18.9 Å². The van der Waals surface area contributed by atoms with E-state index < -0.39 is 4.92 Å². The molecule has 86 valence electrons. The number of benzene rings is 1. The van der Waals surface area contributed by atoms with Crippen molar-refractivity contribution in [1.29, 1.82) is 0 Å². The number of para-hydroxylation sites is 1. The number of phenols is 1.